The quantitative estimate of drug-likeness (QED) is 0.213. The summed E-state index contributed by atoms with van der Waals surface area (Å²) in [7, 11) is 0. The normalized spacial score (nSPS) is 20.0. The van der Waals surface area contributed by atoms with E-state index < -0.39 is 5.54 Å². The van der Waals surface area contributed by atoms with Gasteiger partial charge in [-0.2, -0.15) is 5.26 Å². The number of nitrogens with two attached hydrogens (primary N) is 1. The van der Waals surface area contributed by atoms with Crippen molar-refractivity contribution in [3.63, 3.8) is 0 Å². The van der Waals surface area contributed by atoms with E-state index in [1.807, 2.05) is 70.1 Å². The van der Waals surface area contributed by atoms with E-state index >= 15 is 0 Å². The van der Waals surface area contributed by atoms with Crippen molar-refractivity contribution in [2.45, 2.75) is 44.2 Å². The third kappa shape index (κ3) is 6.39. The molecule has 0 saturated carbocycles. The van der Waals surface area contributed by atoms with E-state index in [0.29, 0.717) is 24.9 Å². The summed E-state index contributed by atoms with van der Waals surface area (Å²) in [4.78, 5) is 29.5. The Balaban J connectivity index is 1.09. The first-order valence-electron chi connectivity index (χ1n) is 16.7. The third-order valence-corrected chi connectivity index (χ3v) is 9.99. The number of nitrogens with zero attached hydrogens (tertiary/aromatic N) is 7. The molecule has 3 saturated heterocycles. The van der Waals surface area contributed by atoms with Gasteiger partial charge < -0.3 is 24.7 Å². The smallest absolute Gasteiger partial charge is 0.264 e. The number of piperazine rings is 1. The van der Waals surface area contributed by atoms with Crippen LogP contribution < -0.4 is 10.5 Å². The van der Waals surface area contributed by atoms with Gasteiger partial charge in [0.05, 0.1) is 24.8 Å². The molecule has 11 nitrogen and oxygen atoms in total. The lowest BCUT2D eigenvalue weighted by Crippen LogP contribution is -2.59. The number of carbonyl (C=O) groups excluding carboxylic acids is 1. The Morgan fingerprint density at radius 3 is 2.44 bits per heavy atom. The molecule has 4 aromatic rings. The number of aromatic nitrogens is 3. The van der Waals surface area contributed by atoms with Gasteiger partial charge in [-0.25, -0.2) is 9.97 Å². The molecule has 7 rings (SSSR count). The number of carbonyl (C=O) groups is 1. The zero-order valence-corrected chi connectivity index (χ0v) is 27.6. The van der Waals surface area contributed by atoms with Crippen LogP contribution >= 0.6 is 0 Å². The topological polar surface area (TPSA) is 126 Å². The average Bonchev–Trinajstić information content (AvgIpc) is 3.48. The number of hydrogen-bond donors (Lipinski definition) is 1. The number of hydrogen-bond acceptors (Lipinski definition) is 9. The van der Waals surface area contributed by atoms with Gasteiger partial charge in [0, 0.05) is 68.2 Å². The van der Waals surface area contributed by atoms with E-state index in [9.17, 15) is 10.1 Å². The number of likely N-dealkylation sites (tertiary alicyclic amines) is 1. The summed E-state index contributed by atoms with van der Waals surface area (Å²) in [6.45, 7) is 10.6. The van der Waals surface area contributed by atoms with Crippen molar-refractivity contribution in [2.75, 3.05) is 58.2 Å². The molecule has 2 aromatic carbocycles. The minimum Gasteiger partial charge on any atom is -0.457 e. The number of nitrogen functional groups attached to an aromatic ring is 1. The number of amides is 1. The number of piperidine rings is 1. The minimum atomic E-state index is -0.429. The molecule has 2 N–H and O–H groups in total. The maximum atomic E-state index is 13.9. The standard InChI is InChI=1S/C37H42N8O3/c1-37(2,44-17-15-42(16-18-44)29-23-47-24-29)19-27(20-38)36(46)43-14-6-7-26(21-43)32-22-45(34-33(32)40-25-41-35(34)39)28-10-12-31(13-11-28)48-30-8-4-3-5-9-30/h3-5,8-13,19,22,25-26,29H,6-7,14-18,21,23-24H2,1-2H3,(H2,39,40,41). The molecule has 1 amide bonds. The molecule has 3 aliphatic heterocycles. The van der Waals surface area contributed by atoms with Crippen LogP contribution in [0.25, 0.3) is 16.7 Å². The fourth-order valence-corrected chi connectivity index (χ4v) is 7.18. The lowest BCUT2D eigenvalue weighted by molar-refractivity contribution is -0.128. The van der Waals surface area contributed by atoms with Crippen LogP contribution in [-0.2, 0) is 9.53 Å². The molecule has 3 aliphatic rings. The summed E-state index contributed by atoms with van der Waals surface area (Å²) in [5.41, 5.74) is 9.62. The van der Waals surface area contributed by atoms with E-state index in [0.717, 1.165) is 86.0 Å². The number of nitriles is 1. The number of para-hydroxylation sites is 1. The van der Waals surface area contributed by atoms with Gasteiger partial charge in [-0.1, -0.05) is 18.2 Å². The lowest BCUT2D eigenvalue weighted by atomic mass is 9.91. The Morgan fingerprint density at radius 2 is 1.75 bits per heavy atom. The monoisotopic (exact) mass is 646 g/mol. The Kier molecular flexibility index (Phi) is 8.88. The van der Waals surface area contributed by atoms with Gasteiger partial charge in [0.1, 0.15) is 35.0 Å². The van der Waals surface area contributed by atoms with Gasteiger partial charge >= 0.3 is 0 Å². The maximum absolute atomic E-state index is 13.9. The van der Waals surface area contributed by atoms with E-state index in [1.54, 1.807) is 0 Å². The summed E-state index contributed by atoms with van der Waals surface area (Å²) in [5, 5.41) is 10.2. The molecule has 48 heavy (non-hydrogen) atoms. The largest absolute Gasteiger partial charge is 0.457 e. The molecular weight excluding hydrogens is 604 g/mol. The summed E-state index contributed by atoms with van der Waals surface area (Å²) in [5.74, 6) is 1.69. The molecule has 0 bridgehead atoms. The van der Waals surface area contributed by atoms with Crippen LogP contribution in [0.1, 0.15) is 38.2 Å². The number of fused-ring (bicyclic) bond motifs is 1. The minimum absolute atomic E-state index is 0.0259. The van der Waals surface area contributed by atoms with Crippen molar-refractivity contribution >= 4 is 22.8 Å². The van der Waals surface area contributed by atoms with Crippen LogP contribution in [0.5, 0.6) is 11.5 Å². The first kappa shape index (κ1) is 31.8. The highest BCUT2D eigenvalue weighted by atomic mass is 16.5. The molecule has 1 unspecified atom stereocenters. The average molecular weight is 647 g/mol. The van der Waals surface area contributed by atoms with E-state index in [4.69, 9.17) is 15.2 Å². The zero-order valence-electron chi connectivity index (χ0n) is 27.6. The zero-order chi connectivity index (χ0) is 33.3. The van der Waals surface area contributed by atoms with Gasteiger partial charge in [0.2, 0.25) is 0 Å². The Hall–Kier alpha value is -4.76. The molecule has 3 fully saturated rings. The molecule has 2 aromatic heterocycles. The van der Waals surface area contributed by atoms with Crippen LogP contribution in [0, 0.1) is 11.3 Å². The molecule has 0 radical (unpaired) electrons. The molecule has 0 aliphatic carbocycles. The molecule has 248 valence electrons. The van der Waals surface area contributed by atoms with Gasteiger partial charge in [0.15, 0.2) is 5.82 Å². The van der Waals surface area contributed by atoms with Crippen LogP contribution in [-0.4, -0.2) is 99.2 Å². The van der Waals surface area contributed by atoms with Crippen LogP contribution in [0.2, 0.25) is 0 Å². The first-order chi connectivity index (χ1) is 23.3. The second-order valence-corrected chi connectivity index (χ2v) is 13.4. The summed E-state index contributed by atoms with van der Waals surface area (Å²) in [6, 6.07) is 20.2. The van der Waals surface area contributed by atoms with E-state index in [2.05, 4.69) is 45.9 Å². The molecule has 11 heteroatoms. The first-order valence-corrected chi connectivity index (χ1v) is 16.7. The summed E-state index contributed by atoms with van der Waals surface area (Å²) in [6.07, 6.45) is 7.15. The van der Waals surface area contributed by atoms with Crippen molar-refractivity contribution in [1.29, 1.82) is 5.26 Å². The van der Waals surface area contributed by atoms with Crippen LogP contribution in [0.3, 0.4) is 0 Å². The second-order valence-electron chi connectivity index (χ2n) is 13.4. The third-order valence-electron chi connectivity index (χ3n) is 9.99. The molecule has 5 heterocycles. The van der Waals surface area contributed by atoms with Crippen molar-refractivity contribution in [1.82, 2.24) is 29.2 Å². The van der Waals surface area contributed by atoms with Crippen LogP contribution in [0.4, 0.5) is 5.82 Å². The van der Waals surface area contributed by atoms with Crippen molar-refractivity contribution in [2.24, 2.45) is 0 Å². The van der Waals surface area contributed by atoms with E-state index in [-0.39, 0.29) is 17.4 Å². The van der Waals surface area contributed by atoms with Crippen LogP contribution in [0.15, 0.2) is 78.8 Å². The number of rotatable bonds is 8. The Labute approximate surface area is 281 Å². The van der Waals surface area contributed by atoms with Gasteiger partial charge in [-0.15, -0.1) is 0 Å². The summed E-state index contributed by atoms with van der Waals surface area (Å²) < 4.78 is 13.4. The lowest BCUT2D eigenvalue weighted by Gasteiger charge is -2.46. The highest BCUT2D eigenvalue weighted by molar-refractivity contribution is 5.97. The highest BCUT2D eigenvalue weighted by Gasteiger charge is 2.35. The predicted octanol–water partition coefficient (Wildman–Crippen LogP) is 4.75. The molecule has 1 atom stereocenters. The number of ether oxygens (including phenoxy) is 2. The fourth-order valence-electron chi connectivity index (χ4n) is 7.18. The van der Waals surface area contributed by atoms with Crippen molar-refractivity contribution in [3.8, 4) is 23.3 Å². The van der Waals surface area contributed by atoms with Crippen molar-refractivity contribution < 1.29 is 14.3 Å². The Bertz CT molecular complexity index is 1830. The van der Waals surface area contributed by atoms with Gasteiger partial charge in [-0.3, -0.25) is 14.6 Å². The fraction of sp³-hybridized carbons (Fsp3) is 0.405. The van der Waals surface area contributed by atoms with Gasteiger partial charge in [0.25, 0.3) is 5.91 Å². The van der Waals surface area contributed by atoms with Crippen molar-refractivity contribution in [3.05, 3.63) is 84.3 Å². The predicted molar refractivity (Wildman–Crippen MR) is 184 cm³/mol. The SMILES string of the molecule is CC(C)(C=C(C#N)C(=O)N1CCCC(c2cn(-c3ccc(Oc4ccccc4)cc3)c3c(N)ncnc23)C1)N1CCN(C2COC2)CC1. The van der Waals surface area contributed by atoms with Gasteiger partial charge in [-0.05, 0) is 69.2 Å². The molecular formula is C37H42N8O3. The van der Waals surface area contributed by atoms with E-state index in [1.165, 1.54) is 6.33 Å². The number of benzene rings is 2. The summed E-state index contributed by atoms with van der Waals surface area (Å²) >= 11 is 0. The molecule has 0 spiro atoms. The second kappa shape index (κ2) is 13.4. The highest BCUT2D eigenvalue weighted by Crippen LogP contribution is 2.36. The maximum Gasteiger partial charge on any atom is 0.264 e. The number of anilines is 1. The Morgan fingerprint density at radius 1 is 1.02 bits per heavy atom.